The normalized spacial score (nSPS) is 10.7. The number of hydrogen-bond donors (Lipinski definition) is 0. The molecule has 0 atom stereocenters. The van der Waals surface area contributed by atoms with Crippen molar-refractivity contribution in [2.75, 3.05) is 0 Å². The van der Waals surface area contributed by atoms with Crippen molar-refractivity contribution < 1.29 is 8.91 Å². The van der Waals surface area contributed by atoms with Gasteiger partial charge in [-0.05, 0) is 19.1 Å². The van der Waals surface area contributed by atoms with Gasteiger partial charge in [-0.2, -0.15) is 0 Å². The van der Waals surface area contributed by atoms with Crippen LogP contribution in [0.15, 0.2) is 22.7 Å². The number of aryl methyl sites for hydroxylation is 1. The molecule has 78 valence electrons. The van der Waals surface area contributed by atoms with E-state index >= 15 is 0 Å². The van der Waals surface area contributed by atoms with Crippen LogP contribution in [-0.4, -0.2) is 5.16 Å². The van der Waals surface area contributed by atoms with Crippen LogP contribution < -0.4 is 0 Å². The first-order chi connectivity index (χ1) is 7.08. The van der Waals surface area contributed by atoms with E-state index in [-0.39, 0.29) is 10.0 Å². The van der Waals surface area contributed by atoms with Crippen molar-refractivity contribution in [3.8, 4) is 11.3 Å². The Hall–Kier alpha value is -1.06. The Morgan fingerprint density at radius 3 is 2.27 bits per heavy atom. The smallest absolute Gasteiger partial charge is 0.134 e. The van der Waals surface area contributed by atoms with E-state index in [1.165, 1.54) is 12.1 Å². The van der Waals surface area contributed by atoms with Gasteiger partial charge in [-0.25, -0.2) is 4.39 Å². The Morgan fingerprint density at radius 1 is 1.20 bits per heavy atom. The van der Waals surface area contributed by atoms with Crippen molar-refractivity contribution in [3.05, 3.63) is 39.8 Å². The monoisotopic (exact) mass is 245 g/mol. The van der Waals surface area contributed by atoms with Gasteiger partial charge >= 0.3 is 0 Å². The molecular weight excluding hydrogens is 240 g/mol. The van der Waals surface area contributed by atoms with Crippen molar-refractivity contribution >= 4 is 23.2 Å². The minimum Gasteiger partial charge on any atom is -0.361 e. The SMILES string of the molecule is Cc1cc(-c2c(Cl)cc(F)cc2Cl)no1. The van der Waals surface area contributed by atoms with Crippen molar-refractivity contribution in [1.29, 1.82) is 0 Å². The molecule has 1 heterocycles. The lowest BCUT2D eigenvalue weighted by Crippen LogP contribution is -1.84. The van der Waals surface area contributed by atoms with Gasteiger partial charge in [-0.3, -0.25) is 0 Å². The fraction of sp³-hybridized carbons (Fsp3) is 0.100. The molecular formula is C10H6Cl2FNO. The Balaban J connectivity index is 2.62. The molecule has 5 heteroatoms. The van der Waals surface area contributed by atoms with Gasteiger partial charge < -0.3 is 4.52 Å². The molecule has 0 bridgehead atoms. The molecule has 0 spiro atoms. The van der Waals surface area contributed by atoms with Crippen LogP contribution in [0.2, 0.25) is 10.0 Å². The summed E-state index contributed by atoms with van der Waals surface area (Å²) in [6, 6.07) is 4.06. The Kier molecular flexibility index (Phi) is 2.67. The summed E-state index contributed by atoms with van der Waals surface area (Å²) in [5, 5.41) is 4.20. The van der Waals surface area contributed by atoms with Crippen LogP contribution in [0.25, 0.3) is 11.3 Å². The average molecular weight is 246 g/mol. The number of hydrogen-bond acceptors (Lipinski definition) is 2. The van der Waals surface area contributed by atoms with Crippen LogP contribution >= 0.6 is 23.2 Å². The molecule has 0 N–H and O–H groups in total. The van der Waals surface area contributed by atoms with Crippen LogP contribution in [0.4, 0.5) is 4.39 Å². The minimum absolute atomic E-state index is 0.216. The van der Waals surface area contributed by atoms with E-state index in [0.29, 0.717) is 17.0 Å². The lowest BCUT2D eigenvalue weighted by Gasteiger charge is -2.02. The third kappa shape index (κ3) is 1.98. The topological polar surface area (TPSA) is 26.0 Å². The summed E-state index contributed by atoms with van der Waals surface area (Å²) in [7, 11) is 0. The van der Waals surface area contributed by atoms with E-state index in [4.69, 9.17) is 27.7 Å². The summed E-state index contributed by atoms with van der Waals surface area (Å²) in [5.74, 6) is 0.162. The second-order valence-electron chi connectivity index (χ2n) is 3.07. The molecule has 0 unspecified atom stereocenters. The van der Waals surface area contributed by atoms with Crippen molar-refractivity contribution in [1.82, 2.24) is 5.16 Å². The fourth-order valence-corrected chi connectivity index (χ4v) is 1.93. The summed E-state index contributed by atoms with van der Waals surface area (Å²) in [4.78, 5) is 0. The fourth-order valence-electron chi connectivity index (χ4n) is 1.27. The van der Waals surface area contributed by atoms with E-state index in [1.54, 1.807) is 13.0 Å². The molecule has 2 nitrogen and oxygen atoms in total. The van der Waals surface area contributed by atoms with Gasteiger partial charge in [-0.15, -0.1) is 0 Å². The maximum atomic E-state index is 12.9. The lowest BCUT2D eigenvalue weighted by atomic mass is 10.1. The summed E-state index contributed by atoms with van der Waals surface area (Å²) in [5.41, 5.74) is 0.985. The molecule has 0 amide bonds. The number of rotatable bonds is 1. The third-order valence-electron chi connectivity index (χ3n) is 1.89. The summed E-state index contributed by atoms with van der Waals surface area (Å²) in [6.07, 6.45) is 0. The molecule has 2 aromatic rings. The first-order valence-electron chi connectivity index (χ1n) is 4.16. The predicted octanol–water partition coefficient (Wildman–Crippen LogP) is 4.10. The molecule has 0 fully saturated rings. The highest BCUT2D eigenvalue weighted by Crippen LogP contribution is 2.34. The number of halogens is 3. The minimum atomic E-state index is -0.478. The second kappa shape index (κ2) is 3.83. The van der Waals surface area contributed by atoms with Crippen molar-refractivity contribution in [3.63, 3.8) is 0 Å². The molecule has 0 aliphatic carbocycles. The zero-order chi connectivity index (χ0) is 11.0. The van der Waals surface area contributed by atoms with Gasteiger partial charge in [-0.1, -0.05) is 28.4 Å². The summed E-state index contributed by atoms with van der Waals surface area (Å²) < 4.78 is 17.8. The summed E-state index contributed by atoms with van der Waals surface area (Å²) in [6.45, 7) is 1.75. The molecule has 1 aromatic heterocycles. The Morgan fingerprint density at radius 2 is 1.80 bits per heavy atom. The highest BCUT2D eigenvalue weighted by atomic mass is 35.5. The first-order valence-corrected chi connectivity index (χ1v) is 4.92. The zero-order valence-electron chi connectivity index (χ0n) is 7.72. The van der Waals surface area contributed by atoms with Crippen molar-refractivity contribution in [2.45, 2.75) is 6.92 Å². The van der Waals surface area contributed by atoms with Crippen molar-refractivity contribution in [2.24, 2.45) is 0 Å². The number of aromatic nitrogens is 1. The second-order valence-corrected chi connectivity index (χ2v) is 3.88. The van der Waals surface area contributed by atoms with Crippen LogP contribution in [0.5, 0.6) is 0 Å². The predicted molar refractivity (Wildman–Crippen MR) is 56.7 cm³/mol. The van der Waals surface area contributed by atoms with Crippen LogP contribution in [-0.2, 0) is 0 Å². The molecule has 1 aromatic carbocycles. The highest BCUT2D eigenvalue weighted by Gasteiger charge is 2.13. The van der Waals surface area contributed by atoms with E-state index in [1.807, 2.05) is 0 Å². The van der Waals surface area contributed by atoms with Gasteiger partial charge in [0.15, 0.2) is 0 Å². The van der Waals surface area contributed by atoms with Gasteiger partial charge in [0.2, 0.25) is 0 Å². The molecule has 0 radical (unpaired) electrons. The third-order valence-corrected chi connectivity index (χ3v) is 2.49. The molecule has 0 saturated heterocycles. The first kappa shape index (κ1) is 10.5. The lowest BCUT2D eigenvalue weighted by molar-refractivity contribution is 0.399. The molecule has 15 heavy (non-hydrogen) atoms. The Bertz CT molecular complexity index is 487. The van der Waals surface area contributed by atoms with E-state index < -0.39 is 5.82 Å². The van der Waals surface area contributed by atoms with E-state index in [9.17, 15) is 4.39 Å². The number of benzene rings is 1. The largest absolute Gasteiger partial charge is 0.361 e. The van der Waals surface area contributed by atoms with Crippen LogP contribution in [0, 0.1) is 12.7 Å². The quantitative estimate of drug-likeness (QED) is 0.757. The van der Waals surface area contributed by atoms with Gasteiger partial charge in [0.25, 0.3) is 0 Å². The highest BCUT2D eigenvalue weighted by molar-refractivity contribution is 6.39. The maximum Gasteiger partial charge on any atom is 0.134 e. The molecule has 0 saturated carbocycles. The summed E-state index contributed by atoms with van der Waals surface area (Å²) >= 11 is 11.7. The van der Waals surface area contributed by atoms with Gasteiger partial charge in [0, 0.05) is 11.6 Å². The molecule has 0 aliphatic rings. The van der Waals surface area contributed by atoms with Crippen LogP contribution in [0.3, 0.4) is 0 Å². The standard InChI is InChI=1S/C10H6Cl2FNO/c1-5-2-9(14-15-5)10-7(11)3-6(13)4-8(10)12/h2-4H,1H3. The van der Waals surface area contributed by atoms with Crippen LogP contribution in [0.1, 0.15) is 5.76 Å². The van der Waals surface area contributed by atoms with E-state index in [0.717, 1.165) is 0 Å². The molecule has 2 rings (SSSR count). The van der Waals surface area contributed by atoms with Gasteiger partial charge in [0.1, 0.15) is 17.3 Å². The van der Waals surface area contributed by atoms with E-state index in [2.05, 4.69) is 5.16 Å². The zero-order valence-corrected chi connectivity index (χ0v) is 9.23. The average Bonchev–Trinajstić information content (AvgIpc) is 2.49. The molecule has 0 aliphatic heterocycles. The van der Waals surface area contributed by atoms with Gasteiger partial charge in [0.05, 0.1) is 10.0 Å². The maximum absolute atomic E-state index is 12.9. The number of nitrogens with zero attached hydrogens (tertiary/aromatic N) is 1. The Labute approximate surface area is 95.6 Å².